The number of furan rings is 1. The van der Waals surface area contributed by atoms with Crippen LogP contribution in [0.3, 0.4) is 0 Å². The predicted molar refractivity (Wildman–Crippen MR) is 98.4 cm³/mol. The van der Waals surface area contributed by atoms with Crippen molar-refractivity contribution in [1.29, 1.82) is 0 Å². The van der Waals surface area contributed by atoms with Crippen molar-refractivity contribution in [2.45, 2.75) is 32.3 Å². The summed E-state index contributed by atoms with van der Waals surface area (Å²) in [6.45, 7) is 3.26. The number of hydrogen-bond acceptors (Lipinski definition) is 5. The molecule has 1 unspecified atom stereocenters. The molecule has 25 heavy (non-hydrogen) atoms. The van der Waals surface area contributed by atoms with Gasteiger partial charge in [-0.25, -0.2) is 4.98 Å². The van der Waals surface area contributed by atoms with Crippen LogP contribution in [0, 0.1) is 0 Å². The number of carbonyl (C=O) groups is 1. The number of aryl methyl sites for hydroxylation is 1. The average Bonchev–Trinajstić information content (AvgIpc) is 3.38. The summed E-state index contributed by atoms with van der Waals surface area (Å²) in [5, 5.41) is 0.691. The van der Waals surface area contributed by atoms with E-state index < -0.39 is 0 Å². The Bertz CT molecular complexity index is 847. The van der Waals surface area contributed by atoms with E-state index in [2.05, 4.69) is 4.98 Å². The molecular weight excluding hydrogens is 336 g/mol. The van der Waals surface area contributed by atoms with E-state index in [4.69, 9.17) is 9.15 Å². The first-order valence-electron chi connectivity index (χ1n) is 8.62. The van der Waals surface area contributed by atoms with Gasteiger partial charge in [0, 0.05) is 13.0 Å². The van der Waals surface area contributed by atoms with Crippen LogP contribution >= 0.6 is 11.3 Å². The predicted octanol–water partition coefficient (Wildman–Crippen LogP) is 4.28. The average molecular weight is 356 g/mol. The fraction of sp³-hybridized carbons (Fsp3) is 0.368. The van der Waals surface area contributed by atoms with Gasteiger partial charge in [0.1, 0.15) is 5.76 Å². The molecule has 6 heteroatoms. The molecule has 4 rings (SSSR count). The Hall–Kier alpha value is -2.18. The summed E-state index contributed by atoms with van der Waals surface area (Å²) in [6, 6.07) is 11.5. The Balaban J connectivity index is 1.68. The summed E-state index contributed by atoms with van der Waals surface area (Å²) >= 11 is 1.52. The van der Waals surface area contributed by atoms with Crippen LogP contribution in [-0.4, -0.2) is 30.1 Å². The largest absolute Gasteiger partial charge is 0.456 e. The molecule has 1 saturated heterocycles. The van der Waals surface area contributed by atoms with E-state index in [-0.39, 0.29) is 12.0 Å². The molecular formula is C19H20N2O3S. The second kappa shape index (κ2) is 6.98. The van der Waals surface area contributed by atoms with Crippen LogP contribution < -0.4 is 4.90 Å². The van der Waals surface area contributed by atoms with Gasteiger partial charge in [0.2, 0.25) is 0 Å². The third-order valence-electron chi connectivity index (χ3n) is 4.39. The lowest BCUT2D eigenvalue weighted by atomic mass is 10.2. The maximum absolute atomic E-state index is 13.1. The molecule has 130 valence electrons. The number of rotatable bonds is 5. The highest BCUT2D eigenvalue weighted by atomic mass is 32.1. The van der Waals surface area contributed by atoms with E-state index in [0.29, 0.717) is 17.4 Å². The van der Waals surface area contributed by atoms with Crippen molar-refractivity contribution in [1.82, 2.24) is 4.98 Å². The fourth-order valence-electron chi connectivity index (χ4n) is 3.03. The number of ether oxygens (including phenoxy) is 1. The summed E-state index contributed by atoms with van der Waals surface area (Å²) < 4.78 is 12.5. The van der Waals surface area contributed by atoms with Gasteiger partial charge in [-0.15, -0.1) is 0 Å². The molecule has 1 aromatic carbocycles. The zero-order valence-corrected chi connectivity index (χ0v) is 14.9. The van der Waals surface area contributed by atoms with Crippen LogP contribution in [0.5, 0.6) is 0 Å². The lowest BCUT2D eigenvalue weighted by Crippen LogP contribution is -2.37. The van der Waals surface area contributed by atoms with E-state index in [1.807, 2.05) is 37.3 Å². The highest BCUT2D eigenvalue weighted by Gasteiger charge is 2.28. The van der Waals surface area contributed by atoms with Crippen LogP contribution in [-0.2, 0) is 11.2 Å². The molecule has 0 saturated carbocycles. The topological polar surface area (TPSA) is 55.6 Å². The van der Waals surface area contributed by atoms with Gasteiger partial charge >= 0.3 is 0 Å². The van der Waals surface area contributed by atoms with Crippen molar-refractivity contribution in [2.75, 3.05) is 18.1 Å². The summed E-state index contributed by atoms with van der Waals surface area (Å²) in [5.74, 6) is 1.01. The minimum Gasteiger partial charge on any atom is -0.456 e. The summed E-state index contributed by atoms with van der Waals surface area (Å²) in [4.78, 5) is 19.4. The molecule has 3 aromatic rings. The molecule has 3 heterocycles. The highest BCUT2D eigenvalue weighted by Crippen LogP contribution is 2.31. The molecule has 2 aromatic heterocycles. The number of hydrogen-bond donors (Lipinski definition) is 0. The normalized spacial score (nSPS) is 17.2. The van der Waals surface area contributed by atoms with Crippen LogP contribution in [0.15, 0.2) is 40.8 Å². The Kier molecular flexibility index (Phi) is 4.55. The van der Waals surface area contributed by atoms with Crippen molar-refractivity contribution in [3.63, 3.8) is 0 Å². The van der Waals surface area contributed by atoms with E-state index in [0.717, 1.165) is 41.8 Å². The molecule has 0 spiro atoms. The second-order valence-corrected chi connectivity index (χ2v) is 7.14. The van der Waals surface area contributed by atoms with E-state index in [9.17, 15) is 4.79 Å². The molecule has 0 bridgehead atoms. The molecule has 1 atom stereocenters. The zero-order valence-electron chi connectivity index (χ0n) is 14.1. The summed E-state index contributed by atoms with van der Waals surface area (Å²) in [7, 11) is 0. The number of amides is 1. The van der Waals surface area contributed by atoms with Crippen molar-refractivity contribution in [2.24, 2.45) is 0 Å². The second-order valence-electron chi connectivity index (χ2n) is 6.13. The van der Waals surface area contributed by atoms with Gasteiger partial charge in [-0.3, -0.25) is 9.69 Å². The van der Waals surface area contributed by atoms with Crippen molar-refractivity contribution < 1.29 is 13.9 Å². The lowest BCUT2D eigenvalue weighted by Gasteiger charge is -2.22. The number of anilines is 1. The number of thiazole rings is 1. The van der Waals surface area contributed by atoms with E-state index in [1.54, 1.807) is 11.0 Å². The Labute approximate surface area is 150 Å². The maximum Gasteiger partial charge on any atom is 0.295 e. The van der Waals surface area contributed by atoms with E-state index in [1.165, 1.54) is 11.3 Å². The Morgan fingerprint density at radius 1 is 1.32 bits per heavy atom. The zero-order chi connectivity index (χ0) is 17.2. The van der Waals surface area contributed by atoms with Crippen LogP contribution in [0.2, 0.25) is 0 Å². The highest BCUT2D eigenvalue weighted by molar-refractivity contribution is 7.22. The maximum atomic E-state index is 13.1. The molecule has 1 fully saturated rings. The first-order valence-corrected chi connectivity index (χ1v) is 9.44. The standard InChI is InChI=1S/C19H20N2O3S/c1-2-13-9-10-16(24-13)18(22)21(12-14-6-5-11-23-14)19-20-15-7-3-4-8-17(15)25-19/h3-4,7-10,14H,2,5-6,11-12H2,1H3. The molecule has 1 aliphatic heterocycles. The SMILES string of the molecule is CCc1ccc(C(=O)N(CC2CCCO2)c2nc3ccccc3s2)o1. The van der Waals surface area contributed by atoms with Crippen LogP contribution in [0.4, 0.5) is 5.13 Å². The number of nitrogens with zero attached hydrogens (tertiary/aromatic N) is 2. The molecule has 1 aliphatic rings. The van der Waals surface area contributed by atoms with Gasteiger partial charge in [0.05, 0.1) is 22.9 Å². The van der Waals surface area contributed by atoms with Gasteiger partial charge in [0.15, 0.2) is 10.9 Å². The van der Waals surface area contributed by atoms with Crippen molar-refractivity contribution in [3.05, 3.63) is 47.9 Å². The smallest absolute Gasteiger partial charge is 0.295 e. The molecule has 0 aliphatic carbocycles. The third-order valence-corrected chi connectivity index (χ3v) is 5.45. The molecule has 5 nitrogen and oxygen atoms in total. The van der Waals surface area contributed by atoms with Gasteiger partial charge in [-0.05, 0) is 37.1 Å². The number of aromatic nitrogens is 1. The Morgan fingerprint density at radius 3 is 2.92 bits per heavy atom. The molecule has 0 N–H and O–H groups in total. The minimum atomic E-state index is -0.158. The number of benzene rings is 1. The minimum absolute atomic E-state index is 0.0524. The van der Waals surface area contributed by atoms with E-state index >= 15 is 0 Å². The van der Waals surface area contributed by atoms with Gasteiger partial charge in [-0.2, -0.15) is 0 Å². The number of para-hydroxylation sites is 1. The van der Waals surface area contributed by atoms with Crippen molar-refractivity contribution in [3.8, 4) is 0 Å². The summed E-state index contributed by atoms with van der Waals surface area (Å²) in [5.41, 5.74) is 0.904. The quantitative estimate of drug-likeness (QED) is 0.685. The molecule has 1 amide bonds. The third kappa shape index (κ3) is 3.32. The van der Waals surface area contributed by atoms with Gasteiger partial charge < -0.3 is 9.15 Å². The number of fused-ring (bicyclic) bond motifs is 1. The molecule has 0 radical (unpaired) electrons. The van der Waals surface area contributed by atoms with Crippen LogP contribution in [0.25, 0.3) is 10.2 Å². The summed E-state index contributed by atoms with van der Waals surface area (Å²) in [6.07, 6.45) is 2.82. The lowest BCUT2D eigenvalue weighted by molar-refractivity contribution is 0.0893. The van der Waals surface area contributed by atoms with Crippen molar-refractivity contribution >= 4 is 32.6 Å². The number of carbonyl (C=O) groups excluding carboxylic acids is 1. The van der Waals surface area contributed by atoms with Gasteiger partial charge in [-0.1, -0.05) is 30.4 Å². The Morgan fingerprint density at radius 2 is 2.20 bits per heavy atom. The van der Waals surface area contributed by atoms with Gasteiger partial charge in [0.25, 0.3) is 5.91 Å². The first kappa shape index (κ1) is 16.3. The fourth-order valence-corrected chi connectivity index (χ4v) is 4.00. The first-order chi connectivity index (χ1) is 12.2. The van der Waals surface area contributed by atoms with Crippen LogP contribution in [0.1, 0.15) is 36.1 Å². The monoisotopic (exact) mass is 356 g/mol.